The first-order valence-electron chi connectivity index (χ1n) is 28.0. The van der Waals surface area contributed by atoms with Gasteiger partial charge in [0.25, 0.3) is 0 Å². The zero-order valence-corrected chi connectivity index (χ0v) is 48.1. The molecule has 14 atom stereocenters. The minimum atomic E-state index is -1.73. The Morgan fingerprint density at radius 3 is 1.46 bits per heavy atom. The van der Waals surface area contributed by atoms with E-state index in [0.717, 1.165) is 19.3 Å². The fourth-order valence-electron chi connectivity index (χ4n) is 8.44. The van der Waals surface area contributed by atoms with Crippen LogP contribution in [0.2, 0.25) is 0 Å². The zero-order chi connectivity index (χ0) is 61.5. The minimum absolute atomic E-state index is 0.0215. The van der Waals surface area contributed by atoms with Crippen LogP contribution in [0.15, 0.2) is 0 Å². The first-order valence-corrected chi connectivity index (χ1v) is 28.0. The smallest absolute Gasteiger partial charge is 0.245 e. The molecule has 0 spiro atoms. The lowest BCUT2D eigenvalue weighted by atomic mass is 10.0. The zero-order valence-electron chi connectivity index (χ0n) is 48.1. The molecular formula is C51H96N16O14. The molecule has 1 heterocycles. The summed E-state index contributed by atoms with van der Waals surface area (Å²) in [6.45, 7) is 9.91. The highest BCUT2D eigenvalue weighted by atomic mass is 16.3. The predicted molar refractivity (Wildman–Crippen MR) is 298 cm³/mol. The van der Waals surface area contributed by atoms with Crippen molar-refractivity contribution in [3.05, 3.63) is 0 Å². The Kier molecular flexibility index (Phi) is 34.7. The lowest BCUT2D eigenvalue weighted by molar-refractivity contribution is -0.137. The van der Waals surface area contributed by atoms with Crippen molar-refractivity contribution >= 4 is 65.0 Å². The molecule has 11 amide bonds. The molecule has 24 N–H and O–H groups in total. The van der Waals surface area contributed by atoms with Crippen molar-refractivity contribution < 1.29 is 68.1 Å². The second-order valence-electron chi connectivity index (χ2n) is 21.0. The van der Waals surface area contributed by atoms with Crippen molar-refractivity contribution in [1.82, 2.24) is 58.5 Å². The lowest BCUT2D eigenvalue weighted by Crippen LogP contribution is -2.62. The van der Waals surface area contributed by atoms with Crippen LogP contribution in [0.1, 0.15) is 126 Å². The molecule has 0 aliphatic carbocycles. The number of unbranched alkanes of at least 4 members (excludes halogenated alkanes) is 1. The van der Waals surface area contributed by atoms with E-state index in [1.54, 1.807) is 13.8 Å². The number of hydrogen-bond donors (Lipinski definition) is 19. The molecule has 1 saturated heterocycles. The summed E-state index contributed by atoms with van der Waals surface area (Å²) in [6, 6.07) is -15.4. The number of nitrogens with one attached hydrogen (secondary N) is 11. The highest BCUT2D eigenvalue weighted by Gasteiger charge is 2.38. The minimum Gasteiger partial charge on any atom is -0.391 e. The number of amides is 11. The van der Waals surface area contributed by atoms with Crippen molar-refractivity contribution in [2.75, 3.05) is 39.3 Å². The summed E-state index contributed by atoms with van der Waals surface area (Å²) in [5, 5.41) is 59.4. The van der Waals surface area contributed by atoms with Crippen molar-refractivity contribution in [2.45, 2.75) is 204 Å². The van der Waals surface area contributed by atoms with Gasteiger partial charge in [-0.15, -0.1) is 0 Å². The van der Waals surface area contributed by atoms with Gasteiger partial charge in [0.15, 0.2) is 0 Å². The van der Waals surface area contributed by atoms with Crippen LogP contribution in [0.4, 0.5) is 0 Å². The van der Waals surface area contributed by atoms with E-state index < -0.39 is 157 Å². The van der Waals surface area contributed by atoms with Crippen LogP contribution in [-0.2, 0) is 52.7 Å². The van der Waals surface area contributed by atoms with Gasteiger partial charge in [0.1, 0.15) is 60.4 Å². The average Bonchev–Trinajstić information content (AvgIpc) is 3.39. The van der Waals surface area contributed by atoms with Crippen molar-refractivity contribution in [3.8, 4) is 0 Å². The van der Waals surface area contributed by atoms with E-state index >= 15 is 0 Å². The first-order chi connectivity index (χ1) is 38.2. The van der Waals surface area contributed by atoms with E-state index in [1.807, 2.05) is 0 Å². The third-order valence-corrected chi connectivity index (χ3v) is 13.4. The summed E-state index contributed by atoms with van der Waals surface area (Å²) in [5.74, 6) is -10.1. The highest BCUT2D eigenvalue weighted by molar-refractivity contribution is 5.99. The van der Waals surface area contributed by atoms with Gasteiger partial charge in [0.2, 0.25) is 65.0 Å². The van der Waals surface area contributed by atoms with E-state index in [1.165, 1.54) is 20.8 Å². The fourth-order valence-corrected chi connectivity index (χ4v) is 8.44. The van der Waals surface area contributed by atoms with Crippen LogP contribution < -0.4 is 87.2 Å². The Balaban J connectivity index is 3.79. The maximum absolute atomic E-state index is 14.4. The second kappa shape index (κ2) is 38.5. The van der Waals surface area contributed by atoms with Crippen LogP contribution in [-0.4, -0.2) is 198 Å². The monoisotopic (exact) mass is 1160 g/mol. The Morgan fingerprint density at radius 2 is 0.988 bits per heavy atom. The van der Waals surface area contributed by atoms with Gasteiger partial charge in [-0.3, -0.25) is 52.7 Å². The summed E-state index contributed by atoms with van der Waals surface area (Å²) in [5.41, 5.74) is 29.0. The van der Waals surface area contributed by atoms with Gasteiger partial charge in [0.05, 0.1) is 18.3 Å². The van der Waals surface area contributed by atoms with E-state index in [0.29, 0.717) is 12.3 Å². The first kappa shape index (κ1) is 72.9. The SMILES string of the molecule is CC[C@H](C)CCCCC(=O)N[C@@H](CCN)C(=O)N[C@H](C(=O)N[C@@H](CCN)C(=O)N[C@H]1CCNC(=O)[C@H]([C@@H](C)O)NC(=O)[C@H](CCN)NC(=O)[C@H](CCN)NC(=O)[C@H]([C@@H](C)O)NC(=O)[C@@H](CC(C)C)NC(=O)[C@H](CCN)NC1=O)[C@@H](C)O. The lowest BCUT2D eigenvalue weighted by Gasteiger charge is -2.29. The van der Waals surface area contributed by atoms with E-state index in [-0.39, 0.29) is 83.6 Å². The number of aliphatic hydroxyl groups is 3. The molecule has 0 radical (unpaired) electrons. The largest absolute Gasteiger partial charge is 0.391 e. The number of rotatable bonds is 28. The van der Waals surface area contributed by atoms with Crippen molar-refractivity contribution in [1.29, 1.82) is 0 Å². The van der Waals surface area contributed by atoms with Gasteiger partial charge in [0, 0.05) is 13.0 Å². The summed E-state index contributed by atoms with van der Waals surface area (Å²) >= 11 is 0. The number of hydrogen-bond acceptors (Lipinski definition) is 19. The second-order valence-corrected chi connectivity index (χ2v) is 21.0. The van der Waals surface area contributed by atoms with Gasteiger partial charge in [-0.1, -0.05) is 47.0 Å². The molecule has 1 aliphatic heterocycles. The van der Waals surface area contributed by atoms with E-state index in [9.17, 15) is 68.1 Å². The molecule has 1 aliphatic rings. The molecule has 0 aromatic rings. The molecule has 1 rings (SSSR count). The Labute approximate surface area is 474 Å². The molecule has 464 valence electrons. The van der Waals surface area contributed by atoms with Gasteiger partial charge < -0.3 is 102 Å². The maximum Gasteiger partial charge on any atom is 0.245 e. The molecule has 0 unspecified atom stereocenters. The van der Waals surface area contributed by atoms with Crippen LogP contribution in [0.3, 0.4) is 0 Å². The molecule has 0 saturated carbocycles. The topological polar surface area (TPSA) is 511 Å². The number of nitrogens with two attached hydrogens (primary N) is 5. The summed E-state index contributed by atoms with van der Waals surface area (Å²) in [6.07, 6.45) is -2.79. The van der Waals surface area contributed by atoms with Gasteiger partial charge in [-0.05, 0) is 117 Å². The van der Waals surface area contributed by atoms with E-state index in [4.69, 9.17) is 28.7 Å². The van der Waals surface area contributed by atoms with Crippen LogP contribution in [0.25, 0.3) is 0 Å². The molecular weight excluding hydrogens is 1060 g/mol. The molecule has 30 nitrogen and oxygen atoms in total. The third-order valence-electron chi connectivity index (χ3n) is 13.4. The Bertz CT molecular complexity index is 2050. The van der Waals surface area contributed by atoms with Gasteiger partial charge in [-0.25, -0.2) is 0 Å². The fraction of sp³-hybridized carbons (Fsp3) is 0.784. The van der Waals surface area contributed by atoms with Crippen LogP contribution in [0, 0.1) is 11.8 Å². The Morgan fingerprint density at radius 1 is 0.531 bits per heavy atom. The van der Waals surface area contributed by atoms with E-state index in [2.05, 4.69) is 72.3 Å². The van der Waals surface area contributed by atoms with Crippen molar-refractivity contribution in [3.63, 3.8) is 0 Å². The highest BCUT2D eigenvalue weighted by Crippen LogP contribution is 2.13. The molecule has 81 heavy (non-hydrogen) atoms. The average molecular weight is 1160 g/mol. The third kappa shape index (κ3) is 26.5. The molecule has 0 aromatic heterocycles. The number of aliphatic hydroxyl groups excluding tert-OH is 3. The standard InChI is InChI=1S/C51H96N16O14/c1-8-27(4)11-9-10-12-38(71)58-31(13-19-52)46(76)66-40(29(6)69)50(80)63-34(16-22-55)43(73)61-36-18-24-57-49(79)39(28(5)68)65-47(77)35(17-23-56)60-42(72)33(15-21-54)62-51(81)41(30(7)70)67-48(78)37(25-26(2)3)64-44(74)32(14-20-53)59-45(36)75/h26-37,39-41,68-70H,8-25,52-56H2,1-7H3,(H,57,79)(H,58,71)(H,59,75)(H,60,72)(H,61,73)(H,62,81)(H,63,80)(H,64,74)(H,65,77)(H,66,76)(H,67,78)/t27-,28+,29+,30+,31-,32-,33-,34-,35-,36-,37+,39-,40-,41-/m0/s1. The normalized spacial score (nSPS) is 23.9. The van der Waals surface area contributed by atoms with Crippen molar-refractivity contribution in [2.24, 2.45) is 40.5 Å². The summed E-state index contributed by atoms with van der Waals surface area (Å²) in [7, 11) is 0. The molecule has 30 heteroatoms. The van der Waals surface area contributed by atoms with Crippen LogP contribution >= 0.6 is 0 Å². The number of carbonyl (C=O) groups is 11. The predicted octanol–water partition coefficient (Wildman–Crippen LogP) is -7.11. The molecule has 0 aromatic carbocycles. The molecule has 0 bridgehead atoms. The number of carbonyl (C=O) groups excluding carboxylic acids is 11. The van der Waals surface area contributed by atoms with Gasteiger partial charge in [-0.2, -0.15) is 0 Å². The summed E-state index contributed by atoms with van der Waals surface area (Å²) < 4.78 is 0. The van der Waals surface area contributed by atoms with Crippen LogP contribution in [0.5, 0.6) is 0 Å². The maximum atomic E-state index is 14.4. The summed E-state index contributed by atoms with van der Waals surface area (Å²) in [4.78, 5) is 152. The Hall–Kier alpha value is -6.15. The molecule has 1 fully saturated rings. The van der Waals surface area contributed by atoms with Gasteiger partial charge >= 0.3 is 0 Å². The quantitative estimate of drug-likeness (QED) is 0.0324.